The Hall–Kier alpha value is -2.17. The van der Waals surface area contributed by atoms with Crippen LogP contribution < -0.4 is 5.73 Å². The van der Waals surface area contributed by atoms with E-state index in [0.717, 1.165) is 5.01 Å². The third-order valence-corrected chi connectivity index (χ3v) is 2.30. The van der Waals surface area contributed by atoms with Gasteiger partial charge in [0.05, 0.1) is 12.0 Å². The first-order chi connectivity index (χ1) is 7.59. The summed E-state index contributed by atoms with van der Waals surface area (Å²) in [4.78, 5) is 23.4. The highest BCUT2D eigenvalue weighted by Gasteiger charge is 2.28. The molecule has 2 N–H and O–H groups in total. The van der Waals surface area contributed by atoms with Gasteiger partial charge in [0.15, 0.2) is 0 Å². The number of nitrogen functional groups attached to an aromatic ring is 1. The Bertz CT molecular complexity index is 494. The summed E-state index contributed by atoms with van der Waals surface area (Å²) >= 11 is 0. The molecule has 0 aliphatic carbocycles. The Morgan fingerprint density at radius 3 is 2.69 bits per heavy atom. The van der Waals surface area contributed by atoms with Gasteiger partial charge in [-0.2, -0.15) is 10.1 Å². The van der Waals surface area contributed by atoms with Crippen LogP contribution >= 0.6 is 0 Å². The van der Waals surface area contributed by atoms with E-state index in [-0.39, 0.29) is 12.3 Å². The SMILES string of the molecule is CC1=NN(C(=O)c2ccccc2N)C(=O)C1. The number of imide groups is 1. The number of benzene rings is 1. The van der Waals surface area contributed by atoms with Gasteiger partial charge in [-0.3, -0.25) is 9.59 Å². The van der Waals surface area contributed by atoms with Crippen LogP contribution in [0.1, 0.15) is 23.7 Å². The molecule has 0 unspecified atom stereocenters. The fourth-order valence-electron chi connectivity index (χ4n) is 1.52. The maximum Gasteiger partial charge on any atom is 0.283 e. The molecule has 0 fully saturated rings. The number of nitrogens with two attached hydrogens (primary N) is 1. The van der Waals surface area contributed by atoms with E-state index in [0.29, 0.717) is 17.0 Å². The first-order valence-electron chi connectivity index (χ1n) is 4.85. The van der Waals surface area contributed by atoms with E-state index in [9.17, 15) is 9.59 Å². The van der Waals surface area contributed by atoms with E-state index in [1.165, 1.54) is 0 Å². The van der Waals surface area contributed by atoms with Crippen LogP contribution in [0.5, 0.6) is 0 Å². The zero-order valence-corrected chi connectivity index (χ0v) is 8.80. The molecule has 5 nitrogen and oxygen atoms in total. The van der Waals surface area contributed by atoms with Gasteiger partial charge >= 0.3 is 0 Å². The second kappa shape index (κ2) is 3.77. The number of hydrogen-bond donors (Lipinski definition) is 1. The Morgan fingerprint density at radius 2 is 2.12 bits per heavy atom. The molecule has 1 aliphatic heterocycles. The van der Waals surface area contributed by atoms with Crippen molar-refractivity contribution in [2.75, 3.05) is 5.73 Å². The van der Waals surface area contributed by atoms with Gasteiger partial charge in [-0.05, 0) is 19.1 Å². The number of hydrogen-bond acceptors (Lipinski definition) is 4. The van der Waals surface area contributed by atoms with Gasteiger partial charge in [-0.15, -0.1) is 0 Å². The predicted molar refractivity (Wildman–Crippen MR) is 59.8 cm³/mol. The van der Waals surface area contributed by atoms with Crippen molar-refractivity contribution in [1.82, 2.24) is 5.01 Å². The normalized spacial score (nSPS) is 15.2. The molecule has 0 spiro atoms. The maximum atomic E-state index is 11.9. The van der Waals surface area contributed by atoms with Crippen LogP contribution in [-0.4, -0.2) is 22.5 Å². The quantitative estimate of drug-likeness (QED) is 0.563. The highest BCUT2D eigenvalue weighted by atomic mass is 16.2. The van der Waals surface area contributed by atoms with E-state index in [1.807, 2.05) is 0 Å². The lowest BCUT2D eigenvalue weighted by Crippen LogP contribution is -2.29. The highest BCUT2D eigenvalue weighted by Crippen LogP contribution is 2.17. The van der Waals surface area contributed by atoms with E-state index >= 15 is 0 Å². The summed E-state index contributed by atoms with van der Waals surface area (Å²) in [5.74, 6) is -0.786. The summed E-state index contributed by atoms with van der Waals surface area (Å²) in [7, 11) is 0. The number of para-hydroxylation sites is 1. The second-order valence-electron chi connectivity index (χ2n) is 3.61. The van der Waals surface area contributed by atoms with Crippen LogP contribution in [0.15, 0.2) is 29.4 Å². The number of amides is 2. The molecule has 16 heavy (non-hydrogen) atoms. The Kier molecular flexibility index (Phi) is 2.44. The number of carbonyl (C=O) groups is 2. The van der Waals surface area contributed by atoms with Crippen molar-refractivity contribution in [3.8, 4) is 0 Å². The van der Waals surface area contributed by atoms with E-state index in [4.69, 9.17) is 5.73 Å². The summed E-state index contributed by atoms with van der Waals surface area (Å²) in [5, 5.41) is 4.76. The number of anilines is 1. The fourth-order valence-corrected chi connectivity index (χ4v) is 1.52. The Labute approximate surface area is 92.5 Å². The summed E-state index contributed by atoms with van der Waals surface area (Å²) in [6, 6.07) is 6.62. The van der Waals surface area contributed by atoms with Crippen molar-refractivity contribution in [2.45, 2.75) is 13.3 Å². The topological polar surface area (TPSA) is 75.8 Å². The molecule has 0 aromatic heterocycles. The predicted octanol–water partition coefficient (Wildman–Crippen LogP) is 1.02. The third-order valence-electron chi connectivity index (χ3n) is 2.30. The van der Waals surface area contributed by atoms with Crippen molar-refractivity contribution >= 4 is 23.2 Å². The van der Waals surface area contributed by atoms with Crippen molar-refractivity contribution < 1.29 is 9.59 Å². The molecule has 1 aromatic carbocycles. The third kappa shape index (κ3) is 1.67. The van der Waals surface area contributed by atoms with E-state index in [1.54, 1.807) is 31.2 Å². The average molecular weight is 217 g/mol. The number of hydrazone groups is 1. The van der Waals surface area contributed by atoms with Crippen molar-refractivity contribution in [2.24, 2.45) is 5.10 Å². The standard InChI is InChI=1S/C11H11N3O2/c1-7-6-10(15)14(13-7)11(16)8-4-2-3-5-9(8)12/h2-5H,6,12H2,1H3. The largest absolute Gasteiger partial charge is 0.398 e. The van der Waals surface area contributed by atoms with E-state index in [2.05, 4.69) is 5.10 Å². The minimum atomic E-state index is -0.472. The van der Waals surface area contributed by atoms with Gasteiger partial charge in [0.1, 0.15) is 0 Å². The lowest BCUT2D eigenvalue weighted by Gasteiger charge is -2.10. The van der Waals surface area contributed by atoms with Crippen LogP contribution in [0.3, 0.4) is 0 Å². The zero-order valence-electron chi connectivity index (χ0n) is 8.80. The van der Waals surface area contributed by atoms with Gasteiger partial charge in [0, 0.05) is 11.4 Å². The lowest BCUT2D eigenvalue weighted by molar-refractivity contribution is -0.126. The molecule has 0 bridgehead atoms. The van der Waals surface area contributed by atoms with Crippen LogP contribution in [-0.2, 0) is 4.79 Å². The molecule has 1 aliphatic rings. The van der Waals surface area contributed by atoms with E-state index < -0.39 is 5.91 Å². The molecule has 2 amide bonds. The molecule has 0 saturated heterocycles. The molecule has 1 heterocycles. The highest BCUT2D eigenvalue weighted by molar-refractivity contribution is 6.15. The zero-order chi connectivity index (χ0) is 11.7. The molecule has 0 atom stereocenters. The summed E-state index contributed by atoms with van der Waals surface area (Å²) in [6.07, 6.45) is 0.193. The molecule has 0 radical (unpaired) electrons. The summed E-state index contributed by atoms with van der Waals surface area (Å²) in [5.41, 5.74) is 6.94. The lowest BCUT2D eigenvalue weighted by atomic mass is 10.1. The molecular formula is C11H11N3O2. The van der Waals surface area contributed by atoms with Gasteiger partial charge in [0.25, 0.3) is 11.8 Å². The first-order valence-corrected chi connectivity index (χ1v) is 4.85. The second-order valence-corrected chi connectivity index (χ2v) is 3.61. The van der Waals surface area contributed by atoms with Crippen LogP contribution in [0, 0.1) is 0 Å². The van der Waals surface area contributed by atoms with Gasteiger partial charge in [-0.1, -0.05) is 12.1 Å². The van der Waals surface area contributed by atoms with Gasteiger partial charge in [-0.25, -0.2) is 0 Å². The van der Waals surface area contributed by atoms with Crippen LogP contribution in [0.2, 0.25) is 0 Å². The van der Waals surface area contributed by atoms with Crippen LogP contribution in [0.25, 0.3) is 0 Å². The first kappa shape index (κ1) is 10.4. The number of nitrogens with zero attached hydrogens (tertiary/aromatic N) is 2. The average Bonchev–Trinajstić information content (AvgIpc) is 2.58. The number of carbonyl (C=O) groups excluding carboxylic acids is 2. The minimum Gasteiger partial charge on any atom is -0.398 e. The smallest absolute Gasteiger partial charge is 0.283 e. The summed E-state index contributed by atoms with van der Waals surface area (Å²) in [6.45, 7) is 1.71. The molecule has 82 valence electrons. The van der Waals surface area contributed by atoms with Crippen molar-refractivity contribution in [3.63, 3.8) is 0 Å². The monoisotopic (exact) mass is 217 g/mol. The Balaban J connectivity index is 2.34. The Morgan fingerprint density at radius 1 is 1.44 bits per heavy atom. The molecule has 1 aromatic rings. The maximum absolute atomic E-state index is 11.9. The number of rotatable bonds is 1. The van der Waals surface area contributed by atoms with Crippen molar-refractivity contribution in [3.05, 3.63) is 29.8 Å². The van der Waals surface area contributed by atoms with Gasteiger partial charge in [0.2, 0.25) is 0 Å². The molecule has 2 rings (SSSR count). The van der Waals surface area contributed by atoms with Gasteiger partial charge < -0.3 is 5.73 Å². The minimum absolute atomic E-state index is 0.193. The molecule has 0 saturated carbocycles. The summed E-state index contributed by atoms with van der Waals surface area (Å²) < 4.78 is 0. The fraction of sp³-hybridized carbons (Fsp3) is 0.182. The molecular weight excluding hydrogens is 206 g/mol. The molecule has 5 heteroatoms. The van der Waals surface area contributed by atoms with Crippen LogP contribution in [0.4, 0.5) is 5.69 Å². The van der Waals surface area contributed by atoms with Crippen molar-refractivity contribution in [1.29, 1.82) is 0 Å².